The molecule has 4 heterocycles. The number of amides is 1. The fourth-order valence-electron chi connectivity index (χ4n) is 4.97. The van der Waals surface area contributed by atoms with E-state index in [0.29, 0.717) is 28.0 Å². The monoisotopic (exact) mass is 474 g/mol. The number of aryl methyl sites for hydroxylation is 1. The van der Waals surface area contributed by atoms with Crippen molar-refractivity contribution in [1.29, 1.82) is 5.41 Å². The Hall–Kier alpha value is -3.10. The largest absolute Gasteiger partial charge is 0.398 e. The lowest BCUT2D eigenvalue weighted by atomic mass is 10.0. The van der Waals surface area contributed by atoms with Crippen molar-refractivity contribution in [2.75, 3.05) is 31.9 Å². The molecule has 0 radical (unpaired) electrons. The fourth-order valence-corrected chi connectivity index (χ4v) is 5.98. The second kappa shape index (κ2) is 9.64. The quantitative estimate of drug-likeness (QED) is 0.426. The smallest absolute Gasteiger partial charge is 0.274 e. The molecule has 3 aromatic rings. The van der Waals surface area contributed by atoms with E-state index in [1.165, 1.54) is 37.3 Å². The Morgan fingerprint density at radius 3 is 2.59 bits per heavy atom. The van der Waals surface area contributed by atoms with E-state index in [1.54, 1.807) is 12.4 Å². The number of pyridine rings is 1. The minimum atomic E-state index is -0.0637. The first-order valence-electron chi connectivity index (χ1n) is 11.9. The average molecular weight is 475 g/mol. The molecule has 2 fully saturated rings. The van der Waals surface area contributed by atoms with Gasteiger partial charge in [0.2, 0.25) is 0 Å². The maximum absolute atomic E-state index is 13.7. The summed E-state index contributed by atoms with van der Waals surface area (Å²) in [6, 6.07) is 10.0. The van der Waals surface area contributed by atoms with Crippen LogP contribution in [0.3, 0.4) is 0 Å². The highest BCUT2D eigenvalue weighted by Crippen LogP contribution is 2.33. The molecule has 1 amide bonds. The number of aromatic nitrogens is 2. The number of benzene rings is 1. The Morgan fingerprint density at radius 1 is 1.12 bits per heavy atom. The van der Waals surface area contributed by atoms with Crippen molar-refractivity contribution in [2.45, 2.75) is 38.6 Å². The number of carbonyl (C=O) groups excluding carboxylic acids is 1. The molecule has 2 aliphatic rings. The molecule has 8 heteroatoms. The molecule has 7 nitrogen and oxygen atoms in total. The summed E-state index contributed by atoms with van der Waals surface area (Å²) in [5.41, 5.74) is 9.88. The van der Waals surface area contributed by atoms with Crippen molar-refractivity contribution in [3.05, 3.63) is 64.6 Å². The van der Waals surface area contributed by atoms with Crippen LogP contribution < -0.4 is 5.73 Å². The molecule has 5 rings (SSSR count). The number of nitrogens with zero attached hydrogens (tertiary/aromatic N) is 4. The van der Waals surface area contributed by atoms with Gasteiger partial charge in [0.1, 0.15) is 10.7 Å². The molecule has 0 saturated carbocycles. The summed E-state index contributed by atoms with van der Waals surface area (Å²) in [5.74, 6) is -0.0637. The van der Waals surface area contributed by atoms with Gasteiger partial charge >= 0.3 is 0 Å². The van der Waals surface area contributed by atoms with Crippen LogP contribution in [0.5, 0.6) is 0 Å². The van der Waals surface area contributed by atoms with E-state index in [4.69, 9.17) is 16.1 Å². The molecule has 34 heavy (non-hydrogen) atoms. The fraction of sp³-hybridized carbons (Fsp3) is 0.385. The number of nitrogens with two attached hydrogens (primary N) is 1. The Kier molecular flexibility index (Phi) is 6.43. The lowest BCUT2D eigenvalue weighted by Gasteiger charge is -2.36. The summed E-state index contributed by atoms with van der Waals surface area (Å²) < 4.78 is 0. The molecule has 2 aromatic heterocycles. The highest BCUT2D eigenvalue weighted by atomic mass is 32.1. The second-order valence-corrected chi connectivity index (χ2v) is 10.1. The molecule has 0 unspecified atom stereocenters. The Bertz CT molecular complexity index is 1190. The zero-order valence-electron chi connectivity index (χ0n) is 19.5. The van der Waals surface area contributed by atoms with Crippen LogP contribution in [-0.2, 0) is 0 Å². The van der Waals surface area contributed by atoms with Crippen LogP contribution in [0, 0.1) is 12.3 Å². The molecule has 176 valence electrons. The number of rotatable bonds is 5. The zero-order chi connectivity index (χ0) is 23.7. The SMILES string of the molecule is Cc1cccc(C(=N)c2nc(C(=O)N3CCC(N4CCCC4)CC3)c(-c3cccnc3)s2)c1N. The van der Waals surface area contributed by atoms with Gasteiger partial charge in [-0.25, -0.2) is 4.98 Å². The first kappa shape index (κ1) is 22.7. The topological polar surface area (TPSA) is 99.2 Å². The molecular formula is C26H30N6OS. The summed E-state index contributed by atoms with van der Waals surface area (Å²) in [6.45, 7) is 5.77. The number of carbonyl (C=O) groups is 1. The van der Waals surface area contributed by atoms with Gasteiger partial charge in [0.15, 0.2) is 0 Å². The third-order valence-electron chi connectivity index (χ3n) is 6.97. The molecule has 3 N–H and O–H groups in total. The number of hydrogen-bond acceptors (Lipinski definition) is 7. The third kappa shape index (κ3) is 4.35. The second-order valence-electron chi connectivity index (χ2n) is 9.12. The van der Waals surface area contributed by atoms with E-state index in [9.17, 15) is 4.79 Å². The van der Waals surface area contributed by atoms with Crippen LogP contribution in [0.15, 0.2) is 42.7 Å². The van der Waals surface area contributed by atoms with Gasteiger partial charge < -0.3 is 15.5 Å². The number of hydrogen-bond donors (Lipinski definition) is 2. The Labute approximate surface area is 204 Å². The van der Waals surface area contributed by atoms with E-state index in [1.807, 2.05) is 42.2 Å². The van der Waals surface area contributed by atoms with Crippen molar-refractivity contribution in [2.24, 2.45) is 0 Å². The van der Waals surface area contributed by atoms with Crippen LogP contribution >= 0.6 is 11.3 Å². The number of para-hydroxylation sites is 1. The predicted octanol–water partition coefficient (Wildman–Crippen LogP) is 4.21. The van der Waals surface area contributed by atoms with Gasteiger partial charge in [0.05, 0.1) is 10.6 Å². The van der Waals surface area contributed by atoms with Crippen LogP contribution in [0.25, 0.3) is 10.4 Å². The van der Waals surface area contributed by atoms with Crippen molar-refractivity contribution in [3.63, 3.8) is 0 Å². The van der Waals surface area contributed by atoms with Crippen LogP contribution in [-0.4, -0.2) is 63.6 Å². The van der Waals surface area contributed by atoms with Gasteiger partial charge in [-0.05, 0) is 57.3 Å². The lowest BCUT2D eigenvalue weighted by Crippen LogP contribution is -2.46. The van der Waals surface area contributed by atoms with Crippen molar-refractivity contribution in [1.82, 2.24) is 19.8 Å². The Morgan fingerprint density at radius 2 is 1.88 bits per heavy atom. The van der Waals surface area contributed by atoms with E-state index >= 15 is 0 Å². The first-order chi connectivity index (χ1) is 16.5. The van der Waals surface area contributed by atoms with Gasteiger partial charge in [0, 0.05) is 48.3 Å². The number of piperidine rings is 1. The number of likely N-dealkylation sites (tertiary alicyclic amines) is 2. The minimum absolute atomic E-state index is 0.0637. The summed E-state index contributed by atoms with van der Waals surface area (Å²) in [5, 5.41) is 9.30. The van der Waals surface area contributed by atoms with Gasteiger partial charge in [-0.15, -0.1) is 11.3 Å². The average Bonchev–Trinajstić information content (AvgIpc) is 3.56. The van der Waals surface area contributed by atoms with Gasteiger partial charge in [-0.1, -0.05) is 24.3 Å². The predicted molar refractivity (Wildman–Crippen MR) is 137 cm³/mol. The van der Waals surface area contributed by atoms with Crippen LogP contribution in [0.4, 0.5) is 5.69 Å². The van der Waals surface area contributed by atoms with E-state index < -0.39 is 0 Å². The van der Waals surface area contributed by atoms with Gasteiger partial charge in [0.25, 0.3) is 5.91 Å². The standard InChI is InChI=1S/C26H30N6OS/c1-17-6-4-8-20(21(17)27)22(28)25-30-23(24(34-25)18-7-5-11-29-16-18)26(33)32-14-9-19(10-15-32)31-12-2-3-13-31/h4-8,11,16,19,28H,2-3,9-10,12-15,27H2,1H3. The van der Waals surface area contributed by atoms with Crippen LogP contribution in [0.1, 0.15) is 52.3 Å². The molecule has 1 aromatic carbocycles. The van der Waals surface area contributed by atoms with Crippen molar-refractivity contribution in [3.8, 4) is 10.4 Å². The maximum atomic E-state index is 13.7. The molecule has 0 aliphatic carbocycles. The summed E-state index contributed by atoms with van der Waals surface area (Å²) in [7, 11) is 0. The number of nitrogens with one attached hydrogen (secondary N) is 1. The summed E-state index contributed by atoms with van der Waals surface area (Å²) in [4.78, 5) is 27.9. The van der Waals surface area contributed by atoms with E-state index in [2.05, 4.69) is 9.88 Å². The molecule has 0 atom stereocenters. The van der Waals surface area contributed by atoms with Crippen molar-refractivity contribution >= 4 is 28.6 Å². The summed E-state index contributed by atoms with van der Waals surface area (Å²) >= 11 is 1.36. The normalized spacial score (nSPS) is 17.3. The lowest BCUT2D eigenvalue weighted by molar-refractivity contribution is 0.0640. The Balaban J connectivity index is 1.44. The molecular weight excluding hydrogens is 444 g/mol. The number of thiazole rings is 1. The first-order valence-corrected chi connectivity index (χ1v) is 12.7. The van der Waals surface area contributed by atoms with E-state index in [-0.39, 0.29) is 11.6 Å². The zero-order valence-corrected chi connectivity index (χ0v) is 20.3. The van der Waals surface area contributed by atoms with E-state index in [0.717, 1.165) is 41.9 Å². The molecule has 0 spiro atoms. The number of nitrogen functional groups attached to an aromatic ring is 1. The molecule has 0 bridgehead atoms. The highest BCUT2D eigenvalue weighted by Gasteiger charge is 2.31. The van der Waals surface area contributed by atoms with Gasteiger partial charge in [-0.2, -0.15) is 0 Å². The van der Waals surface area contributed by atoms with Crippen molar-refractivity contribution < 1.29 is 4.79 Å². The van der Waals surface area contributed by atoms with Crippen LogP contribution in [0.2, 0.25) is 0 Å². The minimum Gasteiger partial charge on any atom is -0.398 e. The summed E-state index contributed by atoms with van der Waals surface area (Å²) in [6.07, 6.45) is 8.03. The molecule has 2 saturated heterocycles. The van der Waals surface area contributed by atoms with Gasteiger partial charge in [-0.3, -0.25) is 15.2 Å². The third-order valence-corrected chi connectivity index (χ3v) is 8.09. The molecule has 2 aliphatic heterocycles. The maximum Gasteiger partial charge on any atom is 0.274 e. The highest BCUT2D eigenvalue weighted by molar-refractivity contribution is 7.17. The number of anilines is 1.